The summed E-state index contributed by atoms with van der Waals surface area (Å²) in [6.07, 6.45) is -4.65. The molecule has 19 heavy (non-hydrogen) atoms. The Morgan fingerprint density at radius 3 is 2.63 bits per heavy atom. The van der Waals surface area contributed by atoms with Gasteiger partial charge in [0.1, 0.15) is 0 Å². The summed E-state index contributed by atoms with van der Waals surface area (Å²) < 4.78 is 42.0. The second-order valence-electron chi connectivity index (χ2n) is 3.84. The van der Waals surface area contributed by atoms with Gasteiger partial charge in [-0.15, -0.1) is 0 Å². The van der Waals surface area contributed by atoms with E-state index in [1.165, 1.54) is 12.1 Å². The lowest BCUT2D eigenvalue weighted by molar-refractivity contribution is -0.137. The van der Waals surface area contributed by atoms with Gasteiger partial charge in [-0.3, -0.25) is 4.79 Å². The number of hydrogen-bond acceptors (Lipinski definition) is 3. The van der Waals surface area contributed by atoms with E-state index in [9.17, 15) is 18.0 Å². The smallest absolute Gasteiger partial charge is 0.349 e. The summed E-state index contributed by atoms with van der Waals surface area (Å²) in [5.74, 6) is -0.522. The molecule has 0 unspecified atom stereocenters. The van der Waals surface area contributed by atoms with Gasteiger partial charge in [0.25, 0.3) is 5.91 Å². The highest BCUT2D eigenvalue weighted by Crippen LogP contribution is 2.37. The molecule has 1 saturated heterocycles. The number of carbonyl (C=O) groups excluding carboxylic acids is 1. The minimum Gasteiger partial charge on any atom is -0.349 e. The Hall–Kier alpha value is -1.34. The van der Waals surface area contributed by atoms with Crippen LogP contribution in [0.2, 0.25) is 0 Å². The van der Waals surface area contributed by atoms with Crippen molar-refractivity contribution in [2.45, 2.75) is 9.78 Å². The van der Waals surface area contributed by atoms with Gasteiger partial charge in [0.15, 0.2) is 0 Å². The SMILES string of the molecule is N#Cc1ccc(NC(=O)[C@]2(I)CO2)cc1C(F)(F)F. The fourth-order valence-electron chi connectivity index (χ4n) is 1.37. The van der Waals surface area contributed by atoms with Crippen LogP contribution in [-0.4, -0.2) is 16.1 Å². The van der Waals surface area contributed by atoms with Gasteiger partial charge in [0.05, 0.1) is 23.8 Å². The molecule has 1 fully saturated rings. The van der Waals surface area contributed by atoms with Crippen molar-refractivity contribution in [2.24, 2.45) is 0 Å². The van der Waals surface area contributed by atoms with E-state index in [0.29, 0.717) is 0 Å². The largest absolute Gasteiger partial charge is 0.417 e. The zero-order valence-electron chi connectivity index (χ0n) is 9.21. The van der Waals surface area contributed by atoms with Crippen LogP contribution >= 0.6 is 22.6 Å². The molecule has 1 atom stereocenters. The zero-order valence-corrected chi connectivity index (χ0v) is 11.4. The molecule has 0 radical (unpaired) electrons. The van der Waals surface area contributed by atoms with Crippen molar-refractivity contribution in [3.8, 4) is 6.07 Å². The summed E-state index contributed by atoms with van der Waals surface area (Å²) in [7, 11) is 0. The Morgan fingerprint density at radius 2 is 2.16 bits per heavy atom. The highest BCUT2D eigenvalue weighted by atomic mass is 127. The minimum absolute atomic E-state index is 0.0251. The fraction of sp³-hybridized carbons (Fsp3) is 0.273. The maximum absolute atomic E-state index is 12.7. The number of epoxide rings is 1. The monoisotopic (exact) mass is 382 g/mol. The maximum atomic E-state index is 12.7. The van der Waals surface area contributed by atoms with Crippen LogP contribution in [0.15, 0.2) is 18.2 Å². The van der Waals surface area contributed by atoms with Crippen molar-refractivity contribution < 1.29 is 22.7 Å². The normalized spacial score (nSPS) is 21.6. The first-order chi connectivity index (χ1) is 8.76. The van der Waals surface area contributed by atoms with Crippen LogP contribution in [0.5, 0.6) is 0 Å². The summed E-state index contributed by atoms with van der Waals surface area (Å²) in [5.41, 5.74) is -1.59. The predicted octanol–water partition coefficient (Wildman–Crippen LogP) is 2.68. The van der Waals surface area contributed by atoms with E-state index in [4.69, 9.17) is 10.00 Å². The number of carbonyl (C=O) groups is 1. The van der Waals surface area contributed by atoms with E-state index in [0.717, 1.165) is 12.1 Å². The Balaban J connectivity index is 2.29. The number of alkyl halides is 4. The van der Waals surface area contributed by atoms with Crippen molar-refractivity contribution in [1.82, 2.24) is 0 Å². The van der Waals surface area contributed by atoms with Gasteiger partial charge in [0.2, 0.25) is 3.61 Å². The van der Waals surface area contributed by atoms with Gasteiger partial charge in [0, 0.05) is 5.69 Å². The summed E-state index contributed by atoms with van der Waals surface area (Å²) in [5, 5.41) is 11.0. The van der Waals surface area contributed by atoms with Crippen LogP contribution < -0.4 is 5.32 Å². The summed E-state index contributed by atoms with van der Waals surface area (Å²) in [4.78, 5) is 11.6. The lowest BCUT2D eigenvalue weighted by atomic mass is 10.1. The molecular formula is C11H6F3IN2O2. The standard InChI is InChI=1S/C11H6F3IN2O2/c12-11(13,14)8-3-7(2-1-6(8)4-16)17-9(18)10(15)5-19-10/h1-3H,5H2,(H,17,18)/t10-/m0/s1. The average Bonchev–Trinajstić information content (AvgIpc) is 3.07. The van der Waals surface area contributed by atoms with Crippen molar-refractivity contribution in [2.75, 3.05) is 11.9 Å². The van der Waals surface area contributed by atoms with Gasteiger partial charge in [-0.25, -0.2) is 0 Å². The number of rotatable bonds is 2. The van der Waals surface area contributed by atoms with E-state index >= 15 is 0 Å². The topological polar surface area (TPSA) is 65.4 Å². The highest BCUT2D eigenvalue weighted by molar-refractivity contribution is 14.1. The number of nitrogens with zero attached hydrogens (tertiary/aromatic N) is 1. The van der Waals surface area contributed by atoms with Crippen LogP contribution in [0.25, 0.3) is 0 Å². The Kier molecular flexibility index (Phi) is 3.44. The number of halogens is 4. The number of hydrogen-bond donors (Lipinski definition) is 1. The quantitative estimate of drug-likeness (QED) is 0.486. The fourth-order valence-corrected chi connectivity index (χ4v) is 1.66. The molecule has 1 N–H and O–H groups in total. The molecule has 1 aliphatic heterocycles. The highest BCUT2D eigenvalue weighted by Gasteiger charge is 2.50. The van der Waals surface area contributed by atoms with Crippen molar-refractivity contribution in [3.63, 3.8) is 0 Å². The molecule has 1 amide bonds. The number of benzene rings is 1. The summed E-state index contributed by atoms with van der Waals surface area (Å²) >= 11 is 1.77. The predicted molar refractivity (Wildman–Crippen MR) is 67.5 cm³/mol. The van der Waals surface area contributed by atoms with E-state index in [2.05, 4.69) is 5.32 Å². The van der Waals surface area contributed by atoms with Crippen LogP contribution in [0.1, 0.15) is 11.1 Å². The van der Waals surface area contributed by atoms with E-state index < -0.39 is 26.8 Å². The lowest BCUT2D eigenvalue weighted by Gasteiger charge is -2.12. The number of ether oxygens (including phenoxy) is 1. The molecule has 0 spiro atoms. The number of nitriles is 1. The molecule has 0 bridgehead atoms. The number of amides is 1. The Morgan fingerprint density at radius 1 is 1.53 bits per heavy atom. The molecule has 0 aliphatic carbocycles. The van der Waals surface area contributed by atoms with Crippen molar-refractivity contribution in [1.29, 1.82) is 5.26 Å². The number of anilines is 1. The molecule has 1 aromatic carbocycles. The summed E-state index contributed by atoms with van der Waals surface area (Å²) in [6.45, 7) is 0.224. The third-order valence-electron chi connectivity index (χ3n) is 2.44. The van der Waals surface area contributed by atoms with Crippen LogP contribution in [-0.2, 0) is 15.7 Å². The van der Waals surface area contributed by atoms with E-state index in [1.807, 2.05) is 0 Å². The second kappa shape index (κ2) is 4.64. The van der Waals surface area contributed by atoms with Gasteiger partial charge >= 0.3 is 6.18 Å². The molecule has 1 aromatic rings. The first-order valence-electron chi connectivity index (χ1n) is 5.02. The first-order valence-corrected chi connectivity index (χ1v) is 6.10. The first kappa shape index (κ1) is 14.1. The molecule has 100 valence electrons. The molecule has 4 nitrogen and oxygen atoms in total. The third kappa shape index (κ3) is 2.98. The molecular weight excluding hydrogens is 376 g/mol. The summed E-state index contributed by atoms with van der Waals surface area (Å²) in [6, 6.07) is 4.47. The van der Waals surface area contributed by atoms with Gasteiger partial charge < -0.3 is 10.1 Å². The third-order valence-corrected chi connectivity index (χ3v) is 3.55. The van der Waals surface area contributed by atoms with Crippen LogP contribution in [0.4, 0.5) is 18.9 Å². The Bertz CT molecular complexity index is 576. The molecule has 2 rings (SSSR count). The van der Waals surface area contributed by atoms with E-state index in [-0.39, 0.29) is 12.3 Å². The maximum Gasteiger partial charge on any atom is 0.417 e. The molecule has 0 saturated carbocycles. The molecule has 1 aliphatic rings. The van der Waals surface area contributed by atoms with Gasteiger partial charge in [-0.2, -0.15) is 18.4 Å². The molecule has 8 heteroatoms. The second-order valence-corrected chi connectivity index (χ2v) is 5.58. The van der Waals surface area contributed by atoms with Crippen LogP contribution in [0, 0.1) is 11.3 Å². The molecule has 0 aromatic heterocycles. The lowest BCUT2D eigenvalue weighted by Crippen LogP contribution is -2.25. The van der Waals surface area contributed by atoms with Gasteiger partial charge in [-0.1, -0.05) is 0 Å². The van der Waals surface area contributed by atoms with Crippen molar-refractivity contribution in [3.05, 3.63) is 29.3 Å². The minimum atomic E-state index is -4.65. The zero-order chi connectivity index (χ0) is 14.3. The average molecular weight is 382 g/mol. The Labute approximate surface area is 119 Å². The van der Waals surface area contributed by atoms with Crippen LogP contribution in [0.3, 0.4) is 0 Å². The van der Waals surface area contributed by atoms with Gasteiger partial charge in [-0.05, 0) is 40.8 Å². The van der Waals surface area contributed by atoms with Crippen molar-refractivity contribution >= 4 is 34.2 Å². The molecule has 1 heterocycles. The number of nitrogens with one attached hydrogen (secondary N) is 1. The van der Waals surface area contributed by atoms with E-state index in [1.54, 1.807) is 22.6 Å².